The Kier molecular flexibility index (Phi) is 1.07. The van der Waals surface area contributed by atoms with Crippen LogP contribution in [0.25, 0.3) is 6.08 Å². The van der Waals surface area contributed by atoms with E-state index in [2.05, 4.69) is 23.6 Å². The zero-order valence-electron chi connectivity index (χ0n) is 5.83. The first-order valence-electron chi connectivity index (χ1n) is 3.32. The van der Waals surface area contributed by atoms with E-state index >= 15 is 0 Å². The van der Waals surface area contributed by atoms with Crippen molar-refractivity contribution in [2.75, 3.05) is 5.43 Å². The van der Waals surface area contributed by atoms with Gasteiger partial charge in [-0.3, -0.25) is 4.68 Å². The minimum atomic E-state index is 1.17. The topological polar surface area (TPSA) is 17.0 Å². The molecule has 0 saturated heterocycles. The van der Waals surface area contributed by atoms with Crippen molar-refractivity contribution in [3.05, 3.63) is 36.1 Å². The molecule has 0 aromatic carbocycles. The highest BCUT2D eigenvalue weighted by atomic mass is 15.4. The van der Waals surface area contributed by atoms with Gasteiger partial charge in [-0.1, -0.05) is 6.08 Å². The molecule has 1 radical (unpaired) electrons. The van der Waals surface area contributed by atoms with Gasteiger partial charge in [0.1, 0.15) is 0 Å². The maximum absolute atomic E-state index is 3.19. The first-order chi connectivity index (χ1) is 4.86. The fraction of sp³-hybridized carbons (Fsp3) is 0.125. The minimum absolute atomic E-state index is 1.17. The second-order valence-electron chi connectivity index (χ2n) is 2.43. The number of hydrogen-bond donors (Lipinski definition) is 1. The van der Waals surface area contributed by atoms with E-state index in [4.69, 9.17) is 0 Å². The molecule has 2 nitrogen and oxygen atoms in total. The lowest BCUT2D eigenvalue weighted by Gasteiger charge is -2.17. The van der Waals surface area contributed by atoms with Crippen molar-refractivity contribution < 1.29 is 0 Å². The summed E-state index contributed by atoms with van der Waals surface area (Å²) in [6, 6.07) is 5.25. The summed E-state index contributed by atoms with van der Waals surface area (Å²) in [5, 5.41) is 0. The molecule has 0 amide bonds. The van der Waals surface area contributed by atoms with Gasteiger partial charge in [0.15, 0.2) is 0 Å². The van der Waals surface area contributed by atoms with Crippen LogP contribution in [0.5, 0.6) is 0 Å². The van der Waals surface area contributed by atoms with Gasteiger partial charge in [-0.15, -0.1) is 0 Å². The van der Waals surface area contributed by atoms with Crippen molar-refractivity contribution in [2.45, 2.75) is 6.92 Å². The predicted molar refractivity (Wildman–Crippen MR) is 41.7 cm³/mol. The molecular weight excluding hydrogens is 124 g/mol. The molecule has 0 aliphatic carbocycles. The van der Waals surface area contributed by atoms with Gasteiger partial charge in [0.2, 0.25) is 0 Å². The summed E-state index contributed by atoms with van der Waals surface area (Å²) in [5.74, 6) is 0. The van der Waals surface area contributed by atoms with E-state index in [9.17, 15) is 0 Å². The minimum Gasteiger partial charge on any atom is -0.313 e. The van der Waals surface area contributed by atoms with Gasteiger partial charge in [0, 0.05) is 6.20 Å². The predicted octanol–water partition coefficient (Wildman–Crippen LogP) is 1.61. The summed E-state index contributed by atoms with van der Waals surface area (Å²) < 4.78 is 2.00. The van der Waals surface area contributed by atoms with Crippen molar-refractivity contribution in [1.82, 2.24) is 4.68 Å². The van der Waals surface area contributed by atoms with Crippen molar-refractivity contribution >= 4 is 6.08 Å². The Labute approximate surface area is 60.1 Å². The smallest absolute Gasteiger partial charge is 0.0965 e. The van der Waals surface area contributed by atoms with Gasteiger partial charge < -0.3 is 5.43 Å². The molecule has 10 heavy (non-hydrogen) atoms. The second-order valence-corrected chi connectivity index (χ2v) is 2.43. The molecule has 2 heterocycles. The Balaban J connectivity index is 2.43. The summed E-state index contributed by atoms with van der Waals surface area (Å²) in [7, 11) is 0. The van der Waals surface area contributed by atoms with Crippen molar-refractivity contribution in [2.24, 2.45) is 0 Å². The highest BCUT2D eigenvalue weighted by Gasteiger charge is 2.05. The van der Waals surface area contributed by atoms with Crippen molar-refractivity contribution in [3.8, 4) is 0 Å². The van der Waals surface area contributed by atoms with E-state index in [0.29, 0.717) is 0 Å². The average Bonchev–Trinajstić information content (AvgIpc) is 2.33. The molecule has 1 aromatic rings. The van der Waals surface area contributed by atoms with Crippen LogP contribution in [0.15, 0.2) is 24.4 Å². The third-order valence-electron chi connectivity index (χ3n) is 1.58. The van der Waals surface area contributed by atoms with Gasteiger partial charge in [0.05, 0.1) is 11.7 Å². The number of hydrogen-bond acceptors (Lipinski definition) is 1. The third kappa shape index (κ3) is 0.727. The molecular formula is C8H9N2. The van der Waals surface area contributed by atoms with Gasteiger partial charge in [-0.25, -0.2) is 0 Å². The SMILES string of the molecule is C[C]1C=Cc2cccn2N1. The lowest BCUT2D eigenvalue weighted by Crippen LogP contribution is -2.19. The Morgan fingerprint density at radius 3 is 3.20 bits per heavy atom. The van der Waals surface area contributed by atoms with E-state index in [-0.39, 0.29) is 0 Å². The van der Waals surface area contributed by atoms with Crippen LogP contribution < -0.4 is 5.43 Å². The standard InChI is InChI=1S/C8H9N2/c1-7-4-5-8-3-2-6-10(8)9-7/h2-6,9H,1H3. The van der Waals surface area contributed by atoms with E-state index < -0.39 is 0 Å². The van der Waals surface area contributed by atoms with Crippen LogP contribution in [0.1, 0.15) is 12.6 Å². The fourth-order valence-corrected chi connectivity index (χ4v) is 1.07. The van der Waals surface area contributed by atoms with Crippen LogP contribution in [-0.2, 0) is 0 Å². The van der Waals surface area contributed by atoms with E-state index in [1.54, 1.807) is 0 Å². The molecule has 51 valence electrons. The lowest BCUT2D eigenvalue weighted by atomic mass is 10.2. The molecule has 0 fully saturated rings. The van der Waals surface area contributed by atoms with Crippen molar-refractivity contribution in [3.63, 3.8) is 0 Å². The molecule has 0 bridgehead atoms. The summed E-state index contributed by atoms with van der Waals surface area (Å²) in [4.78, 5) is 0. The van der Waals surface area contributed by atoms with Gasteiger partial charge in [-0.2, -0.15) is 0 Å². The molecule has 0 atom stereocenters. The summed E-state index contributed by atoms with van der Waals surface area (Å²) in [6.07, 6.45) is 6.16. The van der Waals surface area contributed by atoms with Crippen LogP contribution in [-0.4, -0.2) is 4.68 Å². The highest BCUT2D eigenvalue weighted by Crippen LogP contribution is 2.12. The summed E-state index contributed by atoms with van der Waals surface area (Å²) >= 11 is 0. The number of rotatable bonds is 0. The van der Waals surface area contributed by atoms with E-state index in [1.807, 2.05) is 23.9 Å². The van der Waals surface area contributed by atoms with E-state index in [1.165, 1.54) is 11.7 Å². The van der Waals surface area contributed by atoms with Crippen LogP contribution in [0, 0.1) is 6.04 Å². The fourth-order valence-electron chi connectivity index (χ4n) is 1.07. The Morgan fingerprint density at radius 1 is 1.40 bits per heavy atom. The number of aromatic nitrogens is 1. The summed E-state index contributed by atoms with van der Waals surface area (Å²) in [5.41, 5.74) is 4.39. The highest BCUT2D eigenvalue weighted by molar-refractivity contribution is 5.52. The molecule has 0 unspecified atom stereocenters. The van der Waals surface area contributed by atoms with Gasteiger partial charge in [0.25, 0.3) is 0 Å². The Bertz CT molecular complexity index is 260. The molecule has 0 saturated carbocycles. The van der Waals surface area contributed by atoms with Gasteiger partial charge >= 0.3 is 0 Å². The molecule has 1 aromatic heterocycles. The third-order valence-corrected chi connectivity index (χ3v) is 1.58. The molecule has 0 spiro atoms. The quantitative estimate of drug-likeness (QED) is 0.569. The number of fused-ring (bicyclic) bond motifs is 1. The van der Waals surface area contributed by atoms with Gasteiger partial charge in [-0.05, 0) is 25.1 Å². The molecule has 1 aliphatic rings. The zero-order valence-corrected chi connectivity index (χ0v) is 5.83. The Hall–Kier alpha value is -1.18. The Morgan fingerprint density at radius 2 is 2.30 bits per heavy atom. The maximum atomic E-state index is 3.19. The van der Waals surface area contributed by atoms with Crippen LogP contribution >= 0.6 is 0 Å². The zero-order chi connectivity index (χ0) is 6.97. The largest absolute Gasteiger partial charge is 0.313 e. The molecule has 1 N–H and O–H groups in total. The first kappa shape index (κ1) is 5.59. The average molecular weight is 133 g/mol. The first-order valence-corrected chi connectivity index (χ1v) is 3.32. The maximum Gasteiger partial charge on any atom is 0.0965 e. The van der Waals surface area contributed by atoms with Crippen LogP contribution in [0.3, 0.4) is 0 Å². The number of nitrogens with zero attached hydrogens (tertiary/aromatic N) is 1. The molecule has 2 rings (SSSR count). The summed E-state index contributed by atoms with van der Waals surface area (Å²) in [6.45, 7) is 2.04. The monoisotopic (exact) mass is 133 g/mol. The van der Waals surface area contributed by atoms with Crippen LogP contribution in [0.4, 0.5) is 0 Å². The van der Waals surface area contributed by atoms with E-state index in [0.717, 1.165) is 0 Å². The normalized spacial score (nSPS) is 16.5. The lowest BCUT2D eigenvalue weighted by molar-refractivity contribution is 0.860. The van der Waals surface area contributed by atoms with Crippen molar-refractivity contribution in [1.29, 1.82) is 0 Å². The molecule has 2 heteroatoms. The molecule has 1 aliphatic heterocycles. The second kappa shape index (κ2) is 1.90. The number of nitrogens with one attached hydrogen (secondary N) is 1. The van der Waals surface area contributed by atoms with Crippen LogP contribution in [0.2, 0.25) is 0 Å².